The first-order valence-electron chi connectivity index (χ1n) is 6.03. The standard InChI is InChI=1S/C14H19N3O/c1-10-14(11(2)17(4)16-10)18-13-7-5-6-12(8-13)9-15-3/h5-8,15H,9H2,1-4H3. The van der Waals surface area contributed by atoms with Gasteiger partial charge in [0.05, 0.1) is 5.69 Å². The third-order valence-electron chi connectivity index (χ3n) is 2.94. The van der Waals surface area contributed by atoms with Crippen molar-refractivity contribution in [1.29, 1.82) is 0 Å². The summed E-state index contributed by atoms with van der Waals surface area (Å²) in [6, 6.07) is 8.09. The van der Waals surface area contributed by atoms with E-state index in [2.05, 4.69) is 16.5 Å². The molecule has 96 valence electrons. The number of ether oxygens (including phenoxy) is 1. The van der Waals surface area contributed by atoms with Crippen molar-refractivity contribution in [2.24, 2.45) is 7.05 Å². The largest absolute Gasteiger partial charge is 0.453 e. The zero-order chi connectivity index (χ0) is 13.1. The Morgan fingerprint density at radius 3 is 2.72 bits per heavy atom. The Balaban J connectivity index is 2.25. The monoisotopic (exact) mass is 245 g/mol. The van der Waals surface area contributed by atoms with E-state index in [0.717, 1.165) is 29.4 Å². The molecule has 2 aromatic rings. The molecule has 1 aromatic carbocycles. The smallest absolute Gasteiger partial charge is 0.171 e. The summed E-state index contributed by atoms with van der Waals surface area (Å²) < 4.78 is 7.77. The first-order valence-corrected chi connectivity index (χ1v) is 6.03. The van der Waals surface area contributed by atoms with Gasteiger partial charge in [0.15, 0.2) is 5.75 Å². The van der Waals surface area contributed by atoms with Crippen LogP contribution in [0, 0.1) is 13.8 Å². The predicted octanol–water partition coefficient (Wildman–Crippen LogP) is 2.55. The van der Waals surface area contributed by atoms with E-state index in [4.69, 9.17) is 4.74 Å². The molecule has 0 aliphatic rings. The van der Waals surface area contributed by atoms with Gasteiger partial charge in [-0.2, -0.15) is 5.10 Å². The molecule has 2 rings (SSSR count). The van der Waals surface area contributed by atoms with Crippen LogP contribution < -0.4 is 10.1 Å². The van der Waals surface area contributed by atoms with Crippen molar-refractivity contribution in [3.63, 3.8) is 0 Å². The van der Waals surface area contributed by atoms with Crippen LogP contribution >= 0.6 is 0 Å². The van der Waals surface area contributed by atoms with E-state index in [1.165, 1.54) is 5.56 Å². The van der Waals surface area contributed by atoms with Gasteiger partial charge in [-0.1, -0.05) is 12.1 Å². The molecule has 0 saturated carbocycles. The second-order valence-corrected chi connectivity index (χ2v) is 4.40. The van der Waals surface area contributed by atoms with Crippen LogP contribution in [0.15, 0.2) is 24.3 Å². The zero-order valence-electron chi connectivity index (χ0n) is 11.3. The molecule has 0 spiro atoms. The second-order valence-electron chi connectivity index (χ2n) is 4.40. The maximum absolute atomic E-state index is 5.94. The lowest BCUT2D eigenvalue weighted by Crippen LogP contribution is -2.04. The summed E-state index contributed by atoms with van der Waals surface area (Å²) in [6.45, 7) is 4.80. The number of benzene rings is 1. The van der Waals surface area contributed by atoms with Crippen molar-refractivity contribution in [3.05, 3.63) is 41.2 Å². The van der Waals surface area contributed by atoms with Crippen LogP contribution in [0.2, 0.25) is 0 Å². The number of aryl methyl sites for hydroxylation is 2. The van der Waals surface area contributed by atoms with Crippen molar-refractivity contribution in [2.45, 2.75) is 20.4 Å². The van der Waals surface area contributed by atoms with Crippen LogP contribution in [0.3, 0.4) is 0 Å². The maximum atomic E-state index is 5.94. The van der Waals surface area contributed by atoms with Gasteiger partial charge in [0.1, 0.15) is 11.4 Å². The van der Waals surface area contributed by atoms with Crippen LogP contribution in [0.25, 0.3) is 0 Å². The van der Waals surface area contributed by atoms with Gasteiger partial charge in [0, 0.05) is 13.6 Å². The minimum Gasteiger partial charge on any atom is -0.453 e. The highest BCUT2D eigenvalue weighted by Gasteiger charge is 2.11. The molecule has 0 fully saturated rings. The van der Waals surface area contributed by atoms with Crippen molar-refractivity contribution in [3.8, 4) is 11.5 Å². The molecule has 0 radical (unpaired) electrons. The molecular formula is C14H19N3O. The van der Waals surface area contributed by atoms with E-state index in [0.29, 0.717) is 0 Å². The van der Waals surface area contributed by atoms with Gasteiger partial charge >= 0.3 is 0 Å². The lowest BCUT2D eigenvalue weighted by molar-refractivity contribution is 0.473. The second kappa shape index (κ2) is 5.23. The topological polar surface area (TPSA) is 39.1 Å². The Bertz CT molecular complexity index is 546. The Morgan fingerprint density at radius 1 is 1.33 bits per heavy atom. The van der Waals surface area contributed by atoms with E-state index in [1.807, 2.05) is 50.8 Å². The molecule has 0 aliphatic heterocycles. The predicted molar refractivity (Wildman–Crippen MR) is 72.0 cm³/mol. The summed E-state index contributed by atoms with van der Waals surface area (Å²) in [5.41, 5.74) is 3.15. The Morgan fingerprint density at radius 2 is 2.11 bits per heavy atom. The molecule has 1 aromatic heterocycles. The van der Waals surface area contributed by atoms with E-state index < -0.39 is 0 Å². The summed E-state index contributed by atoms with van der Waals surface area (Å²) in [5.74, 6) is 1.70. The Labute approximate surface area is 108 Å². The molecule has 0 aliphatic carbocycles. The van der Waals surface area contributed by atoms with Crippen molar-refractivity contribution in [2.75, 3.05) is 7.05 Å². The number of rotatable bonds is 4. The van der Waals surface area contributed by atoms with E-state index >= 15 is 0 Å². The molecule has 0 amide bonds. The SMILES string of the molecule is CNCc1cccc(Oc2c(C)nn(C)c2C)c1. The quantitative estimate of drug-likeness (QED) is 0.899. The molecule has 0 saturated heterocycles. The van der Waals surface area contributed by atoms with Crippen LogP contribution in [0.5, 0.6) is 11.5 Å². The minimum absolute atomic E-state index is 0.836. The summed E-state index contributed by atoms with van der Waals surface area (Å²) >= 11 is 0. The van der Waals surface area contributed by atoms with Crippen molar-refractivity contribution < 1.29 is 4.74 Å². The summed E-state index contributed by atoms with van der Waals surface area (Å²) in [6.07, 6.45) is 0. The molecule has 0 bridgehead atoms. The highest BCUT2D eigenvalue weighted by atomic mass is 16.5. The Hall–Kier alpha value is -1.81. The fourth-order valence-corrected chi connectivity index (χ4v) is 1.94. The van der Waals surface area contributed by atoms with Crippen molar-refractivity contribution >= 4 is 0 Å². The molecule has 18 heavy (non-hydrogen) atoms. The molecule has 4 heteroatoms. The Kier molecular flexibility index (Phi) is 3.67. The molecule has 0 atom stereocenters. The number of nitrogens with one attached hydrogen (secondary N) is 1. The van der Waals surface area contributed by atoms with Gasteiger partial charge in [-0.3, -0.25) is 4.68 Å². The number of hydrogen-bond acceptors (Lipinski definition) is 3. The third kappa shape index (κ3) is 2.54. The third-order valence-corrected chi connectivity index (χ3v) is 2.94. The summed E-state index contributed by atoms with van der Waals surface area (Å²) in [4.78, 5) is 0. The first kappa shape index (κ1) is 12.6. The van der Waals surface area contributed by atoms with Crippen LogP contribution in [-0.4, -0.2) is 16.8 Å². The average molecular weight is 245 g/mol. The molecule has 0 unspecified atom stereocenters. The average Bonchev–Trinajstić information content (AvgIpc) is 2.57. The molecule has 1 heterocycles. The lowest BCUT2D eigenvalue weighted by Gasteiger charge is -2.08. The normalized spacial score (nSPS) is 10.7. The highest BCUT2D eigenvalue weighted by molar-refractivity contribution is 5.38. The number of nitrogens with zero attached hydrogens (tertiary/aromatic N) is 2. The molecule has 4 nitrogen and oxygen atoms in total. The van der Waals surface area contributed by atoms with Crippen LogP contribution in [-0.2, 0) is 13.6 Å². The molecular weight excluding hydrogens is 226 g/mol. The van der Waals surface area contributed by atoms with E-state index in [1.54, 1.807) is 0 Å². The van der Waals surface area contributed by atoms with Gasteiger partial charge in [-0.15, -0.1) is 0 Å². The molecule has 1 N–H and O–H groups in total. The van der Waals surface area contributed by atoms with E-state index in [-0.39, 0.29) is 0 Å². The van der Waals surface area contributed by atoms with Crippen LogP contribution in [0.1, 0.15) is 17.0 Å². The maximum Gasteiger partial charge on any atom is 0.171 e. The number of aromatic nitrogens is 2. The summed E-state index contributed by atoms with van der Waals surface area (Å²) in [7, 11) is 3.86. The van der Waals surface area contributed by atoms with Gasteiger partial charge in [0.25, 0.3) is 0 Å². The van der Waals surface area contributed by atoms with Crippen LogP contribution in [0.4, 0.5) is 0 Å². The van der Waals surface area contributed by atoms with Gasteiger partial charge in [-0.05, 0) is 38.6 Å². The van der Waals surface area contributed by atoms with Crippen molar-refractivity contribution in [1.82, 2.24) is 15.1 Å². The fraction of sp³-hybridized carbons (Fsp3) is 0.357. The lowest BCUT2D eigenvalue weighted by atomic mass is 10.2. The van der Waals surface area contributed by atoms with Gasteiger partial charge < -0.3 is 10.1 Å². The highest BCUT2D eigenvalue weighted by Crippen LogP contribution is 2.28. The first-order chi connectivity index (χ1) is 8.61. The zero-order valence-corrected chi connectivity index (χ0v) is 11.3. The number of hydrogen-bond donors (Lipinski definition) is 1. The van der Waals surface area contributed by atoms with Gasteiger partial charge in [0.2, 0.25) is 0 Å². The minimum atomic E-state index is 0.836. The van der Waals surface area contributed by atoms with E-state index in [9.17, 15) is 0 Å². The van der Waals surface area contributed by atoms with Gasteiger partial charge in [-0.25, -0.2) is 0 Å². The fourth-order valence-electron chi connectivity index (χ4n) is 1.94. The summed E-state index contributed by atoms with van der Waals surface area (Å²) in [5, 5.41) is 7.47.